The van der Waals surface area contributed by atoms with Gasteiger partial charge in [0.05, 0.1) is 17.5 Å². The van der Waals surface area contributed by atoms with E-state index in [-0.39, 0.29) is 28.7 Å². The second-order valence-electron chi connectivity index (χ2n) is 8.13. The van der Waals surface area contributed by atoms with E-state index in [9.17, 15) is 13.2 Å². The van der Waals surface area contributed by atoms with Gasteiger partial charge in [0.1, 0.15) is 0 Å². The molecule has 170 valence electrons. The summed E-state index contributed by atoms with van der Waals surface area (Å²) in [5.41, 5.74) is 3.11. The number of amides is 1. The molecule has 0 bridgehead atoms. The molecule has 2 aromatic rings. The lowest BCUT2D eigenvalue weighted by molar-refractivity contribution is -0.117. The van der Waals surface area contributed by atoms with Crippen LogP contribution in [0.3, 0.4) is 0 Å². The number of carbonyl (C=O) groups is 1. The maximum atomic E-state index is 12.7. The highest BCUT2D eigenvalue weighted by Crippen LogP contribution is 2.41. The third-order valence-corrected chi connectivity index (χ3v) is 9.22. The topological polar surface area (TPSA) is 70.0 Å². The van der Waals surface area contributed by atoms with Crippen molar-refractivity contribution >= 4 is 44.0 Å². The number of thioether (sulfide) groups is 1. The van der Waals surface area contributed by atoms with E-state index in [2.05, 4.69) is 35.9 Å². The van der Waals surface area contributed by atoms with Gasteiger partial charge >= 0.3 is 0 Å². The van der Waals surface area contributed by atoms with Crippen molar-refractivity contribution in [2.24, 2.45) is 4.99 Å². The van der Waals surface area contributed by atoms with Crippen LogP contribution in [-0.2, 0) is 21.1 Å². The third-order valence-electron chi connectivity index (χ3n) is 6.01. The molecule has 2 saturated heterocycles. The smallest absolute Gasteiger partial charge is 0.248 e. The fraction of sp³-hybridized carbons (Fsp3) is 0.417. The van der Waals surface area contributed by atoms with Crippen LogP contribution < -0.4 is 9.80 Å². The van der Waals surface area contributed by atoms with Crippen molar-refractivity contribution in [3.8, 4) is 0 Å². The zero-order valence-corrected chi connectivity index (χ0v) is 20.1. The van der Waals surface area contributed by atoms with Crippen molar-refractivity contribution < 1.29 is 13.2 Å². The van der Waals surface area contributed by atoms with E-state index < -0.39 is 9.84 Å². The van der Waals surface area contributed by atoms with E-state index in [4.69, 9.17) is 0 Å². The first-order valence-electron chi connectivity index (χ1n) is 11.1. The average Bonchev–Trinajstić information content (AvgIpc) is 3.25. The Morgan fingerprint density at radius 1 is 1.06 bits per heavy atom. The largest absolute Gasteiger partial charge is 0.372 e. The van der Waals surface area contributed by atoms with Gasteiger partial charge in [-0.3, -0.25) is 4.79 Å². The zero-order chi connectivity index (χ0) is 22.7. The molecule has 0 spiro atoms. The summed E-state index contributed by atoms with van der Waals surface area (Å²) in [5.74, 6) is 0.0525. The van der Waals surface area contributed by atoms with E-state index in [1.807, 2.05) is 47.4 Å². The fourth-order valence-corrected chi connectivity index (χ4v) is 8.27. The number of benzene rings is 2. The molecule has 2 aliphatic rings. The average molecular weight is 472 g/mol. The number of rotatable bonds is 7. The Morgan fingerprint density at radius 3 is 2.41 bits per heavy atom. The lowest BCUT2D eigenvalue weighted by atomic mass is 10.1. The Hall–Kier alpha value is -2.32. The maximum absolute atomic E-state index is 12.7. The molecule has 0 aromatic heterocycles. The van der Waals surface area contributed by atoms with Gasteiger partial charge in [0, 0.05) is 36.1 Å². The molecule has 4 rings (SSSR count). The summed E-state index contributed by atoms with van der Waals surface area (Å²) in [4.78, 5) is 21.3. The quantitative estimate of drug-likeness (QED) is 0.612. The first-order chi connectivity index (χ1) is 15.4. The minimum Gasteiger partial charge on any atom is -0.372 e. The summed E-state index contributed by atoms with van der Waals surface area (Å²) in [5, 5.41) is 0.520. The fourth-order valence-electron chi connectivity index (χ4n) is 4.34. The monoisotopic (exact) mass is 471 g/mol. The van der Waals surface area contributed by atoms with Crippen LogP contribution in [0.15, 0.2) is 59.6 Å². The molecule has 0 N–H and O–H groups in total. The predicted octanol–water partition coefficient (Wildman–Crippen LogP) is 3.77. The van der Waals surface area contributed by atoms with E-state index >= 15 is 0 Å². The number of aliphatic imine (C=N–C) groups is 1. The number of nitrogens with zero attached hydrogens (tertiary/aromatic N) is 3. The molecule has 6 nitrogen and oxygen atoms in total. The Bertz CT molecular complexity index is 1080. The molecule has 2 fully saturated rings. The molecule has 2 aliphatic heterocycles. The second-order valence-corrected chi connectivity index (χ2v) is 11.5. The lowest BCUT2D eigenvalue weighted by Crippen LogP contribution is -2.37. The number of sulfone groups is 1. The zero-order valence-electron chi connectivity index (χ0n) is 18.5. The highest BCUT2D eigenvalue weighted by Gasteiger charge is 2.49. The van der Waals surface area contributed by atoms with Crippen molar-refractivity contribution in [1.82, 2.24) is 0 Å². The Morgan fingerprint density at radius 2 is 1.75 bits per heavy atom. The standard InChI is InChI=1S/C24H29N3O3S2/c1-3-26(4-2)19-11-13-20(14-12-19)27-21-16-32(29,30)17-22(21)31-24(27)25-23(28)15-10-18-8-6-5-7-9-18/h5-9,11-14,21-22H,3-4,10,15-17H2,1-2H3/t21-,22-/m0/s1. The summed E-state index contributed by atoms with van der Waals surface area (Å²) in [6, 6.07) is 17.8. The number of aryl methyl sites for hydroxylation is 1. The predicted molar refractivity (Wildman–Crippen MR) is 134 cm³/mol. The third kappa shape index (κ3) is 5.02. The number of hydrogen-bond acceptors (Lipinski definition) is 5. The maximum Gasteiger partial charge on any atom is 0.248 e. The van der Waals surface area contributed by atoms with Crippen LogP contribution in [0.2, 0.25) is 0 Å². The molecule has 0 saturated carbocycles. The van der Waals surface area contributed by atoms with Crippen LogP contribution in [0.1, 0.15) is 25.8 Å². The van der Waals surface area contributed by atoms with Gasteiger partial charge in [0.15, 0.2) is 15.0 Å². The molecule has 32 heavy (non-hydrogen) atoms. The molecular weight excluding hydrogens is 442 g/mol. The number of hydrogen-bond donors (Lipinski definition) is 0. The number of fused-ring (bicyclic) bond motifs is 1. The summed E-state index contributed by atoms with van der Waals surface area (Å²) in [6.07, 6.45) is 0.970. The van der Waals surface area contributed by atoms with Gasteiger partial charge in [0.2, 0.25) is 5.91 Å². The molecule has 0 unspecified atom stereocenters. The Balaban J connectivity index is 1.57. The van der Waals surface area contributed by atoms with E-state index in [0.29, 0.717) is 18.0 Å². The summed E-state index contributed by atoms with van der Waals surface area (Å²) in [7, 11) is -3.08. The molecule has 2 aromatic carbocycles. The SMILES string of the molecule is CCN(CC)c1ccc(N2C(=NC(=O)CCc3ccccc3)S[C@H]3CS(=O)(=O)C[C@@H]32)cc1. The van der Waals surface area contributed by atoms with Gasteiger partial charge in [-0.15, -0.1) is 0 Å². The lowest BCUT2D eigenvalue weighted by Gasteiger charge is -2.26. The Labute approximate surface area is 194 Å². The van der Waals surface area contributed by atoms with Crippen LogP contribution in [-0.4, -0.2) is 55.4 Å². The second kappa shape index (κ2) is 9.67. The van der Waals surface area contributed by atoms with Crippen LogP contribution in [0.4, 0.5) is 11.4 Å². The van der Waals surface area contributed by atoms with Crippen molar-refractivity contribution in [3.05, 3.63) is 60.2 Å². The van der Waals surface area contributed by atoms with Gasteiger partial charge in [0.25, 0.3) is 0 Å². The van der Waals surface area contributed by atoms with E-state index in [0.717, 1.165) is 30.0 Å². The van der Waals surface area contributed by atoms with E-state index in [1.54, 1.807) is 0 Å². The minimum absolute atomic E-state index is 0.0943. The Kier molecular flexibility index (Phi) is 6.90. The first-order valence-corrected chi connectivity index (χ1v) is 13.8. The number of anilines is 2. The van der Waals surface area contributed by atoms with Gasteiger partial charge in [-0.2, -0.15) is 4.99 Å². The van der Waals surface area contributed by atoms with Gasteiger partial charge < -0.3 is 9.80 Å². The number of carbonyl (C=O) groups excluding carboxylic acids is 1. The van der Waals surface area contributed by atoms with Crippen molar-refractivity contribution in [2.75, 3.05) is 34.4 Å². The molecule has 2 atom stereocenters. The first kappa shape index (κ1) is 22.9. The van der Waals surface area contributed by atoms with Gasteiger partial charge in [-0.05, 0) is 50.1 Å². The summed E-state index contributed by atoms with van der Waals surface area (Å²) in [6.45, 7) is 6.07. The van der Waals surface area contributed by atoms with Crippen LogP contribution in [0.25, 0.3) is 0 Å². The number of amidine groups is 1. The highest BCUT2D eigenvalue weighted by molar-refractivity contribution is 8.16. The van der Waals surface area contributed by atoms with Gasteiger partial charge in [-0.1, -0.05) is 42.1 Å². The van der Waals surface area contributed by atoms with E-state index in [1.165, 1.54) is 11.8 Å². The highest BCUT2D eigenvalue weighted by atomic mass is 32.2. The molecule has 0 aliphatic carbocycles. The molecule has 0 radical (unpaired) electrons. The minimum atomic E-state index is -3.08. The van der Waals surface area contributed by atoms with Crippen molar-refractivity contribution in [2.45, 2.75) is 38.0 Å². The molecule has 1 amide bonds. The molecule has 8 heteroatoms. The summed E-state index contributed by atoms with van der Waals surface area (Å²) < 4.78 is 24.6. The van der Waals surface area contributed by atoms with Crippen molar-refractivity contribution in [3.63, 3.8) is 0 Å². The van der Waals surface area contributed by atoms with Gasteiger partial charge in [-0.25, -0.2) is 8.42 Å². The molecule has 2 heterocycles. The van der Waals surface area contributed by atoms with Crippen LogP contribution in [0.5, 0.6) is 0 Å². The van der Waals surface area contributed by atoms with Crippen LogP contribution >= 0.6 is 11.8 Å². The van der Waals surface area contributed by atoms with Crippen LogP contribution in [0, 0.1) is 0 Å². The molecular formula is C24H29N3O3S2. The van der Waals surface area contributed by atoms with Crippen molar-refractivity contribution in [1.29, 1.82) is 0 Å². The normalized spacial score (nSPS) is 22.8. The summed E-state index contributed by atoms with van der Waals surface area (Å²) >= 11 is 1.42.